The lowest BCUT2D eigenvalue weighted by Gasteiger charge is -2.26. The van der Waals surface area contributed by atoms with E-state index in [9.17, 15) is 4.79 Å². The topological polar surface area (TPSA) is 53.6 Å². The van der Waals surface area contributed by atoms with Crippen molar-refractivity contribution < 1.29 is 9.53 Å². The molecule has 1 atom stereocenters. The van der Waals surface area contributed by atoms with Crippen LogP contribution >= 0.6 is 0 Å². The third-order valence-corrected chi connectivity index (χ3v) is 3.26. The van der Waals surface area contributed by atoms with Gasteiger partial charge in [0, 0.05) is 32.1 Å². The second-order valence-electron chi connectivity index (χ2n) is 4.91. The molecule has 0 radical (unpaired) electrons. The third kappa shape index (κ3) is 6.33. The molecule has 1 heterocycles. The normalized spacial score (nSPS) is 18.6. The number of carbonyl (C=O) groups excluding carboxylic acids is 1. The molecule has 0 aromatic rings. The number of hydrogen-bond donors (Lipinski definition) is 2. The van der Waals surface area contributed by atoms with Gasteiger partial charge in [-0.25, -0.2) is 0 Å². The molecule has 1 rings (SSSR count). The molecule has 1 amide bonds. The predicted molar refractivity (Wildman–Crippen MR) is 72.6 cm³/mol. The number of rotatable bonds is 8. The zero-order valence-corrected chi connectivity index (χ0v) is 11.7. The molecule has 0 aromatic heterocycles. The summed E-state index contributed by atoms with van der Waals surface area (Å²) in [7, 11) is 1.87. The standard InChI is InChI=1S/C13H27N3O2/c1-12(11-14-2)13(17)15-5-3-4-6-16-7-9-18-10-8-16/h12,14H,3-11H2,1-2H3,(H,15,17). The molecule has 0 saturated carbocycles. The number of nitrogens with one attached hydrogen (secondary N) is 2. The first kappa shape index (κ1) is 15.4. The van der Waals surface area contributed by atoms with Crippen LogP contribution in [0.2, 0.25) is 0 Å². The molecule has 0 bridgehead atoms. The summed E-state index contributed by atoms with van der Waals surface area (Å²) in [6.45, 7) is 8.40. The molecule has 0 spiro atoms. The third-order valence-electron chi connectivity index (χ3n) is 3.26. The average molecular weight is 257 g/mol. The first-order valence-corrected chi connectivity index (χ1v) is 6.96. The summed E-state index contributed by atoms with van der Waals surface area (Å²) in [6.07, 6.45) is 2.19. The van der Waals surface area contributed by atoms with Crippen molar-refractivity contribution in [1.29, 1.82) is 0 Å². The second kappa shape index (κ2) is 9.30. The van der Waals surface area contributed by atoms with Crippen molar-refractivity contribution in [1.82, 2.24) is 15.5 Å². The van der Waals surface area contributed by atoms with Crippen LogP contribution in [0.3, 0.4) is 0 Å². The fourth-order valence-corrected chi connectivity index (χ4v) is 2.07. The van der Waals surface area contributed by atoms with Gasteiger partial charge in [0.05, 0.1) is 13.2 Å². The fourth-order valence-electron chi connectivity index (χ4n) is 2.07. The highest BCUT2D eigenvalue weighted by Crippen LogP contribution is 2.00. The molecule has 106 valence electrons. The van der Waals surface area contributed by atoms with Gasteiger partial charge in [0.2, 0.25) is 5.91 Å². The van der Waals surface area contributed by atoms with Crippen LogP contribution in [0.4, 0.5) is 0 Å². The maximum Gasteiger partial charge on any atom is 0.224 e. The van der Waals surface area contributed by atoms with Gasteiger partial charge < -0.3 is 15.4 Å². The second-order valence-corrected chi connectivity index (χ2v) is 4.91. The van der Waals surface area contributed by atoms with Crippen LogP contribution < -0.4 is 10.6 Å². The molecule has 5 heteroatoms. The molecule has 1 saturated heterocycles. The highest BCUT2D eigenvalue weighted by Gasteiger charge is 2.11. The lowest BCUT2D eigenvalue weighted by Crippen LogP contribution is -2.37. The Morgan fingerprint density at radius 3 is 2.72 bits per heavy atom. The minimum absolute atomic E-state index is 0.0502. The van der Waals surface area contributed by atoms with E-state index in [1.165, 1.54) is 0 Å². The van der Waals surface area contributed by atoms with Crippen molar-refractivity contribution in [2.24, 2.45) is 5.92 Å². The van der Waals surface area contributed by atoms with Crippen molar-refractivity contribution in [2.75, 3.05) is 53.0 Å². The van der Waals surface area contributed by atoms with E-state index in [-0.39, 0.29) is 11.8 Å². The Morgan fingerprint density at radius 2 is 2.06 bits per heavy atom. The van der Waals surface area contributed by atoms with Gasteiger partial charge in [-0.15, -0.1) is 0 Å². The fraction of sp³-hybridized carbons (Fsp3) is 0.923. The first-order chi connectivity index (χ1) is 8.74. The van der Waals surface area contributed by atoms with E-state index in [2.05, 4.69) is 15.5 Å². The van der Waals surface area contributed by atoms with Crippen LogP contribution in [0.15, 0.2) is 0 Å². The van der Waals surface area contributed by atoms with Crippen LogP contribution in [0, 0.1) is 5.92 Å². The number of unbranched alkanes of at least 4 members (excludes halogenated alkanes) is 1. The Morgan fingerprint density at radius 1 is 1.33 bits per heavy atom. The predicted octanol–water partition coefficient (Wildman–Crippen LogP) is 0.0705. The van der Waals surface area contributed by atoms with Gasteiger partial charge in [0.25, 0.3) is 0 Å². The number of ether oxygens (including phenoxy) is 1. The SMILES string of the molecule is CNCC(C)C(=O)NCCCCN1CCOCC1. The number of amides is 1. The monoisotopic (exact) mass is 257 g/mol. The molecule has 2 N–H and O–H groups in total. The van der Waals surface area contributed by atoms with E-state index in [1.54, 1.807) is 0 Å². The van der Waals surface area contributed by atoms with Gasteiger partial charge in [0.15, 0.2) is 0 Å². The summed E-state index contributed by atoms with van der Waals surface area (Å²) in [5.74, 6) is 0.199. The summed E-state index contributed by atoms with van der Waals surface area (Å²) >= 11 is 0. The van der Waals surface area contributed by atoms with Crippen LogP contribution in [0.25, 0.3) is 0 Å². The summed E-state index contributed by atoms with van der Waals surface area (Å²) < 4.78 is 5.30. The smallest absolute Gasteiger partial charge is 0.224 e. The van der Waals surface area contributed by atoms with Gasteiger partial charge in [-0.2, -0.15) is 0 Å². The molecule has 0 aromatic carbocycles. The molecule has 18 heavy (non-hydrogen) atoms. The van der Waals surface area contributed by atoms with Gasteiger partial charge >= 0.3 is 0 Å². The molecule has 1 aliphatic rings. The van der Waals surface area contributed by atoms with E-state index in [0.29, 0.717) is 0 Å². The summed E-state index contributed by atoms with van der Waals surface area (Å²) in [5, 5.41) is 6.00. The molecule has 1 fully saturated rings. The van der Waals surface area contributed by atoms with E-state index in [1.807, 2.05) is 14.0 Å². The largest absolute Gasteiger partial charge is 0.379 e. The number of morpholine rings is 1. The first-order valence-electron chi connectivity index (χ1n) is 6.96. The highest BCUT2D eigenvalue weighted by molar-refractivity contribution is 5.78. The minimum Gasteiger partial charge on any atom is -0.379 e. The number of carbonyl (C=O) groups is 1. The van der Waals surface area contributed by atoms with Crippen LogP contribution in [0.1, 0.15) is 19.8 Å². The van der Waals surface area contributed by atoms with E-state index < -0.39 is 0 Å². The van der Waals surface area contributed by atoms with Gasteiger partial charge in [-0.05, 0) is 26.4 Å². The Hall–Kier alpha value is -0.650. The van der Waals surface area contributed by atoms with Gasteiger partial charge in [-0.1, -0.05) is 6.92 Å². The van der Waals surface area contributed by atoms with Crippen molar-refractivity contribution in [2.45, 2.75) is 19.8 Å². The maximum atomic E-state index is 11.6. The zero-order valence-electron chi connectivity index (χ0n) is 11.7. The number of nitrogens with zero attached hydrogens (tertiary/aromatic N) is 1. The Labute approximate surface area is 110 Å². The quantitative estimate of drug-likeness (QED) is 0.604. The average Bonchev–Trinajstić information content (AvgIpc) is 2.39. The van der Waals surface area contributed by atoms with E-state index >= 15 is 0 Å². The molecular formula is C13H27N3O2. The molecule has 1 aliphatic heterocycles. The lowest BCUT2D eigenvalue weighted by molar-refractivity contribution is -0.124. The van der Waals surface area contributed by atoms with Gasteiger partial charge in [-0.3, -0.25) is 9.69 Å². The van der Waals surface area contributed by atoms with Gasteiger partial charge in [0.1, 0.15) is 0 Å². The number of hydrogen-bond acceptors (Lipinski definition) is 4. The van der Waals surface area contributed by atoms with E-state index in [0.717, 1.165) is 58.8 Å². The molecule has 0 aliphatic carbocycles. The maximum absolute atomic E-state index is 11.6. The zero-order chi connectivity index (χ0) is 13.2. The minimum atomic E-state index is 0.0502. The Balaban J connectivity index is 1.95. The van der Waals surface area contributed by atoms with E-state index in [4.69, 9.17) is 4.74 Å². The van der Waals surface area contributed by atoms with Crippen LogP contribution in [-0.2, 0) is 9.53 Å². The summed E-state index contributed by atoms with van der Waals surface area (Å²) in [4.78, 5) is 14.0. The molecular weight excluding hydrogens is 230 g/mol. The van der Waals surface area contributed by atoms with Crippen molar-refractivity contribution in [3.8, 4) is 0 Å². The van der Waals surface area contributed by atoms with Crippen molar-refractivity contribution >= 4 is 5.91 Å². The molecule has 1 unspecified atom stereocenters. The highest BCUT2D eigenvalue weighted by atomic mass is 16.5. The molecule has 5 nitrogen and oxygen atoms in total. The van der Waals surface area contributed by atoms with Crippen molar-refractivity contribution in [3.63, 3.8) is 0 Å². The Bertz CT molecular complexity index is 230. The van der Waals surface area contributed by atoms with Crippen LogP contribution in [0.5, 0.6) is 0 Å². The summed E-state index contributed by atoms with van der Waals surface area (Å²) in [6, 6.07) is 0. The lowest BCUT2D eigenvalue weighted by atomic mass is 10.1. The summed E-state index contributed by atoms with van der Waals surface area (Å²) in [5.41, 5.74) is 0. The van der Waals surface area contributed by atoms with Crippen molar-refractivity contribution in [3.05, 3.63) is 0 Å². The van der Waals surface area contributed by atoms with Crippen LogP contribution in [-0.4, -0.2) is 63.8 Å². The Kier molecular flexibility index (Phi) is 7.96.